The fraction of sp³-hybridized carbons (Fsp3) is 0.500. The van der Waals surface area contributed by atoms with Gasteiger partial charge in [0.15, 0.2) is 0 Å². The first-order valence-corrected chi connectivity index (χ1v) is 5.12. The molecule has 80 valence electrons. The molecule has 3 nitrogen and oxygen atoms in total. The molecule has 0 unspecified atom stereocenters. The van der Waals surface area contributed by atoms with E-state index in [2.05, 4.69) is 41.0 Å². The molecule has 1 aromatic rings. The molecule has 15 heavy (non-hydrogen) atoms. The van der Waals surface area contributed by atoms with Gasteiger partial charge < -0.3 is 5.32 Å². The fourth-order valence-corrected chi connectivity index (χ4v) is 1.18. The van der Waals surface area contributed by atoms with Crippen LogP contribution in [-0.4, -0.2) is 16.5 Å². The standard InChI is InChI=1S/C12H17N3/c1-5-6-7-13-12-14-10(4)8-11(15-12)9(2)3/h8-9H,7H2,1-4H3,(H,13,14,15). The van der Waals surface area contributed by atoms with Crippen LogP contribution < -0.4 is 5.32 Å². The van der Waals surface area contributed by atoms with E-state index in [-0.39, 0.29) is 0 Å². The van der Waals surface area contributed by atoms with Gasteiger partial charge in [0, 0.05) is 11.4 Å². The fourth-order valence-electron chi connectivity index (χ4n) is 1.18. The van der Waals surface area contributed by atoms with Crippen molar-refractivity contribution in [3.05, 3.63) is 17.5 Å². The Morgan fingerprint density at radius 2 is 2.13 bits per heavy atom. The molecule has 1 heterocycles. The number of nitrogens with one attached hydrogen (secondary N) is 1. The van der Waals surface area contributed by atoms with E-state index >= 15 is 0 Å². The maximum atomic E-state index is 4.41. The number of nitrogens with zero attached hydrogens (tertiary/aromatic N) is 2. The largest absolute Gasteiger partial charge is 0.343 e. The molecule has 0 spiro atoms. The van der Waals surface area contributed by atoms with E-state index in [4.69, 9.17) is 0 Å². The zero-order chi connectivity index (χ0) is 11.3. The highest BCUT2D eigenvalue weighted by atomic mass is 15.1. The number of aryl methyl sites for hydroxylation is 1. The summed E-state index contributed by atoms with van der Waals surface area (Å²) in [6.07, 6.45) is 0. The van der Waals surface area contributed by atoms with Gasteiger partial charge in [0.2, 0.25) is 5.95 Å². The van der Waals surface area contributed by atoms with Crippen LogP contribution in [-0.2, 0) is 0 Å². The van der Waals surface area contributed by atoms with Gasteiger partial charge in [0.1, 0.15) is 0 Å². The van der Waals surface area contributed by atoms with Crippen molar-refractivity contribution in [3.63, 3.8) is 0 Å². The summed E-state index contributed by atoms with van der Waals surface area (Å²) in [6.45, 7) is 8.63. The molecule has 0 saturated carbocycles. The second-order valence-corrected chi connectivity index (χ2v) is 3.69. The Labute approximate surface area is 91.3 Å². The average molecular weight is 203 g/mol. The summed E-state index contributed by atoms with van der Waals surface area (Å²) in [5.74, 6) is 6.83. The third-order valence-electron chi connectivity index (χ3n) is 1.98. The zero-order valence-corrected chi connectivity index (χ0v) is 9.76. The van der Waals surface area contributed by atoms with Gasteiger partial charge in [-0.15, -0.1) is 5.92 Å². The minimum atomic E-state index is 0.421. The maximum Gasteiger partial charge on any atom is 0.223 e. The van der Waals surface area contributed by atoms with E-state index in [0.717, 1.165) is 11.4 Å². The summed E-state index contributed by atoms with van der Waals surface area (Å²) in [5.41, 5.74) is 2.05. The average Bonchev–Trinajstić information content (AvgIpc) is 2.17. The smallest absolute Gasteiger partial charge is 0.223 e. The molecule has 3 heteroatoms. The number of aromatic nitrogens is 2. The highest BCUT2D eigenvalue weighted by Gasteiger charge is 2.04. The molecule has 0 atom stereocenters. The molecule has 0 aliphatic rings. The van der Waals surface area contributed by atoms with Gasteiger partial charge in [-0.2, -0.15) is 0 Å². The Hall–Kier alpha value is -1.56. The van der Waals surface area contributed by atoms with Gasteiger partial charge in [-0.05, 0) is 25.8 Å². The molecule has 1 rings (SSSR count). The summed E-state index contributed by atoms with van der Waals surface area (Å²) >= 11 is 0. The second kappa shape index (κ2) is 5.35. The third kappa shape index (κ3) is 3.59. The number of hydrogen-bond donors (Lipinski definition) is 1. The Morgan fingerprint density at radius 1 is 1.40 bits per heavy atom. The maximum absolute atomic E-state index is 4.41. The second-order valence-electron chi connectivity index (χ2n) is 3.69. The monoisotopic (exact) mass is 203 g/mol. The summed E-state index contributed by atoms with van der Waals surface area (Å²) in [5, 5.41) is 3.09. The van der Waals surface area contributed by atoms with Crippen molar-refractivity contribution in [2.45, 2.75) is 33.6 Å². The summed E-state index contributed by atoms with van der Waals surface area (Å²) < 4.78 is 0. The van der Waals surface area contributed by atoms with Crippen LogP contribution in [0.4, 0.5) is 5.95 Å². The van der Waals surface area contributed by atoms with E-state index in [1.807, 2.05) is 19.9 Å². The lowest BCUT2D eigenvalue weighted by Gasteiger charge is -2.08. The molecule has 0 bridgehead atoms. The van der Waals surface area contributed by atoms with E-state index in [9.17, 15) is 0 Å². The summed E-state index contributed by atoms with van der Waals surface area (Å²) in [7, 11) is 0. The summed E-state index contributed by atoms with van der Waals surface area (Å²) in [6, 6.07) is 2.02. The van der Waals surface area contributed by atoms with Crippen LogP contribution in [0.25, 0.3) is 0 Å². The molecule has 0 fully saturated rings. The van der Waals surface area contributed by atoms with Crippen LogP contribution in [0.2, 0.25) is 0 Å². The van der Waals surface area contributed by atoms with Gasteiger partial charge in [0.05, 0.1) is 6.54 Å². The molecule has 0 aromatic carbocycles. The Bertz CT molecular complexity index is 386. The van der Waals surface area contributed by atoms with Gasteiger partial charge in [0.25, 0.3) is 0 Å². The predicted octanol–water partition coefficient (Wildman–Crippen LogP) is 2.34. The SMILES string of the molecule is CC#CCNc1nc(C)cc(C(C)C)n1. The van der Waals surface area contributed by atoms with Crippen LogP contribution in [0.1, 0.15) is 38.1 Å². The molecule has 0 saturated heterocycles. The van der Waals surface area contributed by atoms with Gasteiger partial charge in [-0.25, -0.2) is 9.97 Å². The van der Waals surface area contributed by atoms with Crippen molar-refractivity contribution in [2.24, 2.45) is 0 Å². The van der Waals surface area contributed by atoms with Crippen LogP contribution >= 0.6 is 0 Å². The minimum absolute atomic E-state index is 0.421. The molecule has 0 aliphatic heterocycles. The van der Waals surface area contributed by atoms with Crippen LogP contribution in [0.5, 0.6) is 0 Å². The third-order valence-corrected chi connectivity index (χ3v) is 1.98. The summed E-state index contributed by atoms with van der Waals surface area (Å²) in [4.78, 5) is 8.71. The van der Waals surface area contributed by atoms with Crippen molar-refractivity contribution >= 4 is 5.95 Å². The first-order chi connectivity index (χ1) is 7.13. The molecule has 1 N–H and O–H groups in total. The minimum Gasteiger partial charge on any atom is -0.343 e. The number of anilines is 1. The van der Waals surface area contributed by atoms with Crippen LogP contribution in [0.15, 0.2) is 6.07 Å². The van der Waals surface area contributed by atoms with Crippen molar-refractivity contribution in [3.8, 4) is 11.8 Å². The van der Waals surface area contributed by atoms with Crippen molar-refractivity contribution in [1.82, 2.24) is 9.97 Å². The van der Waals surface area contributed by atoms with Gasteiger partial charge in [-0.3, -0.25) is 0 Å². The van der Waals surface area contributed by atoms with E-state index in [1.54, 1.807) is 0 Å². The zero-order valence-electron chi connectivity index (χ0n) is 9.76. The normalized spacial score (nSPS) is 9.67. The Morgan fingerprint density at radius 3 is 2.73 bits per heavy atom. The molecule has 0 amide bonds. The van der Waals surface area contributed by atoms with Crippen LogP contribution in [0.3, 0.4) is 0 Å². The first-order valence-electron chi connectivity index (χ1n) is 5.12. The lowest BCUT2D eigenvalue weighted by molar-refractivity contribution is 0.810. The predicted molar refractivity (Wildman–Crippen MR) is 62.8 cm³/mol. The van der Waals surface area contributed by atoms with E-state index in [0.29, 0.717) is 18.4 Å². The highest BCUT2D eigenvalue weighted by molar-refractivity contribution is 5.30. The Balaban J connectivity index is 2.82. The highest BCUT2D eigenvalue weighted by Crippen LogP contribution is 2.13. The van der Waals surface area contributed by atoms with Crippen molar-refractivity contribution in [1.29, 1.82) is 0 Å². The quantitative estimate of drug-likeness (QED) is 0.766. The lowest BCUT2D eigenvalue weighted by Crippen LogP contribution is -2.07. The molecular weight excluding hydrogens is 186 g/mol. The van der Waals surface area contributed by atoms with Crippen molar-refractivity contribution in [2.75, 3.05) is 11.9 Å². The molecule has 0 radical (unpaired) electrons. The molecular formula is C12H17N3. The lowest BCUT2D eigenvalue weighted by atomic mass is 10.1. The van der Waals surface area contributed by atoms with Gasteiger partial charge in [-0.1, -0.05) is 19.8 Å². The Kier molecular flexibility index (Phi) is 4.11. The van der Waals surface area contributed by atoms with E-state index < -0.39 is 0 Å². The van der Waals surface area contributed by atoms with Crippen LogP contribution in [0, 0.1) is 18.8 Å². The van der Waals surface area contributed by atoms with E-state index in [1.165, 1.54) is 0 Å². The number of rotatable bonds is 3. The van der Waals surface area contributed by atoms with Crippen molar-refractivity contribution < 1.29 is 0 Å². The molecule has 0 aliphatic carbocycles. The topological polar surface area (TPSA) is 37.8 Å². The van der Waals surface area contributed by atoms with Gasteiger partial charge >= 0.3 is 0 Å². The first kappa shape index (κ1) is 11.5. The number of hydrogen-bond acceptors (Lipinski definition) is 3. The molecule has 1 aromatic heterocycles.